The van der Waals surface area contributed by atoms with Crippen LogP contribution in [0.1, 0.15) is 34.1 Å². The van der Waals surface area contributed by atoms with Crippen LogP contribution in [0.25, 0.3) is 0 Å². The standard InChI is InChI=1S/C13H26N2O3/c1-9(2)5-11(14)12(17)15-6-10(7-16)18-13(3,4)8-15/h9-11,16H,5-8,14H2,1-4H3/t10?,11-/m1/s1. The zero-order valence-corrected chi connectivity index (χ0v) is 11.8. The SMILES string of the molecule is CC(C)C[C@@H](N)C(=O)N1CC(CO)OC(C)(C)C1. The van der Waals surface area contributed by atoms with Crippen molar-refractivity contribution < 1.29 is 14.6 Å². The highest BCUT2D eigenvalue weighted by atomic mass is 16.5. The molecule has 0 aromatic rings. The summed E-state index contributed by atoms with van der Waals surface area (Å²) in [6, 6.07) is -0.460. The minimum atomic E-state index is -0.460. The molecule has 1 aliphatic rings. The smallest absolute Gasteiger partial charge is 0.239 e. The van der Waals surface area contributed by atoms with Gasteiger partial charge in [-0.05, 0) is 26.2 Å². The molecule has 1 unspecified atom stereocenters. The van der Waals surface area contributed by atoms with Crippen LogP contribution >= 0.6 is 0 Å². The summed E-state index contributed by atoms with van der Waals surface area (Å²) in [7, 11) is 0. The van der Waals surface area contributed by atoms with Crippen LogP contribution in [0, 0.1) is 5.92 Å². The predicted molar refractivity (Wildman–Crippen MR) is 70.0 cm³/mol. The van der Waals surface area contributed by atoms with Crippen LogP contribution in [-0.4, -0.2) is 53.4 Å². The van der Waals surface area contributed by atoms with Crippen LogP contribution in [0.15, 0.2) is 0 Å². The molecule has 0 aromatic heterocycles. The van der Waals surface area contributed by atoms with E-state index in [-0.39, 0.29) is 18.6 Å². The van der Waals surface area contributed by atoms with Gasteiger partial charge in [0.25, 0.3) is 0 Å². The van der Waals surface area contributed by atoms with Crippen molar-refractivity contribution in [2.24, 2.45) is 11.7 Å². The second kappa shape index (κ2) is 5.99. The van der Waals surface area contributed by atoms with Crippen molar-refractivity contribution in [2.75, 3.05) is 19.7 Å². The van der Waals surface area contributed by atoms with Gasteiger partial charge in [0.2, 0.25) is 5.91 Å². The average molecular weight is 258 g/mol. The maximum absolute atomic E-state index is 12.2. The number of ether oxygens (including phenoxy) is 1. The van der Waals surface area contributed by atoms with E-state index in [1.807, 2.05) is 27.7 Å². The largest absolute Gasteiger partial charge is 0.394 e. The summed E-state index contributed by atoms with van der Waals surface area (Å²) >= 11 is 0. The number of rotatable bonds is 4. The van der Waals surface area contributed by atoms with Crippen LogP contribution < -0.4 is 5.73 Å². The summed E-state index contributed by atoms with van der Waals surface area (Å²) < 4.78 is 5.68. The van der Waals surface area contributed by atoms with Gasteiger partial charge in [0.1, 0.15) is 0 Å². The Morgan fingerprint density at radius 3 is 2.67 bits per heavy atom. The number of carbonyl (C=O) groups is 1. The Morgan fingerprint density at radius 1 is 1.56 bits per heavy atom. The number of nitrogens with two attached hydrogens (primary N) is 1. The Kier molecular flexibility index (Phi) is 5.13. The van der Waals surface area contributed by atoms with E-state index in [1.165, 1.54) is 0 Å². The predicted octanol–water partition coefficient (Wildman–Crippen LogP) is 0.358. The van der Waals surface area contributed by atoms with E-state index >= 15 is 0 Å². The Hall–Kier alpha value is -0.650. The summed E-state index contributed by atoms with van der Waals surface area (Å²) in [4.78, 5) is 14.0. The molecule has 106 valence electrons. The highest BCUT2D eigenvalue weighted by Crippen LogP contribution is 2.21. The first-order valence-corrected chi connectivity index (χ1v) is 6.58. The first-order valence-electron chi connectivity index (χ1n) is 6.58. The van der Waals surface area contributed by atoms with Gasteiger partial charge in [0, 0.05) is 13.1 Å². The number of nitrogens with zero attached hydrogens (tertiary/aromatic N) is 1. The summed E-state index contributed by atoms with van der Waals surface area (Å²) in [6.07, 6.45) is 0.365. The monoisotopic (exact) mass is 258 g/mol. The number of hydrogen-bond donors (Lipinski definition) is 2. The molecule has 1 rings (SSSR count). The fourth-order valence-electron chi connectivity index (χ4n) is 2.40. The zero-order valence-electron chi connectivity index (χ0n) is 11.8. The molecule has 0 bridgehead atoms. The summed E-state index contributed by atoms with van der Waals surface area (Å²) in [5.41, 5.74) is 5.50. The number of hydrogen-bond acceptors (Lipinski definition) is 4. The quantitative estimate of drug-likeness (QED) is 0.763. The molecule has 0 saturated carbocycles. The van der Waals surface area contributed by atoms with Crippen LogP contribution in [-0.2, 0) is 9.53 Å². The summed E-state index contributed by atoms with van der Waals surface area (Å²) in [5.74, 6) is 0.352. The number of morpholine rings is 1. The van der Waals surface area contributed by atoms with Gasteiger partial charge >= 0.3 is 0 Å². The number of aliphatic hydroxyl groups is 1. The molecule has 1 heterocycles. The highest BCUT2D eigenvalue weighted by Gasteiger charge is 2.36. The van der Waals surface area contributed by atoms with E-state index in [0.29, 0.717) is 25.4 Å². The Morgan fingerprint density at radius 2 is 2.17 bits per heavy atom. The van der Waals surface area contributed by atoms with Gasteiger partial charge in [-0.2, -0.15) is 0 Å². The molecule has 2 atom stereocenters. The second-order valence-electron chi connectivity index (χ2n) is 6.14. The van der Waals surface area contributed by atoms with Gasteiger partial charge in [-0.25, -0.2) is 0 Å². The molecule has 1 amide bonds. The van der Waals surface area contributed by atoms with E-state index in [0.717, 1.165) is 0 Å². The fraction of sp³-hybridized carbons (Fsp3) is 0.923. The molecule has 0 aromatic carbocycles. The molecule has 0 spiro atoms. The van der Waals surface area contributed by atoms with Crippen molar-refractivity contribution in [2.45, 2.75) is 51.9 Å². The third-order valence-electron chi connectivity index (χ3n) is 3.04. The highest BCUT2D eigenvalue weighted by molar-refractivity contribution is 5.81. The normalized spacial score (nSPS) is 25.3. The van der Waals surface area contributed by atoms with E-state index in [4.69, 9.17) is 10.5 Å². The molecule has 3 N–H and O–H groups in total. The first-order chi connectivity index (χ1) is 8.25. The van der Waals surface area contributed by atoms with Gasteiger partial charge in [-0.1, -0.05) is 13.8 Å². The molecule has 1 aliphatic heterocycles. The molecule has 0 aliphatic carbocycles. The van der Waals surface area contributed by atoms with Crippen molar-refractivity contribution in [3.05, 3.63) is 0 Å². The van der Waals surface area contributed by atoms with Gasteiger partial charge < -0.3 is 20.5 Å². The van der Waals surface area contributed by atoms with Crippen molar-refractivity contribution in [3.8, 4) is 0 Å². The lowest BCUT2D eigenvalue weighted by Gasteiger charge is -2.43. The van der Waals surface area contributed by atoms with Crippen molar-refractivity contribution >= 4 is 5.91 Å². The maximum Gasteiger partial charge on any atom is 0.239 e. The van der Waals surface area contributed by atoms with E-state index in [9.17, 15) is 9.90 Å². The third-order valence-corrected chi connectivity index (χ3v) is 3.04. The zero-order chi connectivity index (χ0) is 13.9. The lowest BCUT2D eigenvalue weighted by molar-refractivity contribution is -0.168. The van der Waals surface area contributed by atoms with Gasteiger partial charge in [0.05, 0.1) is 24.4 Å². The molecule has 5 heteroatoms. The van der Waals surface area contributed by atoms with E-state index in [2.05, 4.69) is 0 Å². The molecule has 1 saturated heterocycles. The van der Waals surface area contributed by atoms with E-state index < -0.39 is 11.6 Å². The molecular formula is C13H26N2O3. The molecule has 1 fully saturated rings. The maximum atomic E-state index is 12.2. The second-order valence-corrected chi connectivity index (χ2v) is 6.14. The number of carbonyl (C=O) groups excluding carboxylic acids is 1. The van der Waals surface area contributed by atoms with Crippen LogP contribution in [0.5, 0.6) is 0 Å². The van der Waals surface area contributed by atoms with Crippen LogP contribution in [0.3, 0.4) is 0 Å². The topological polar surface area (TPSA) is 75.8 Å². The van der Waals surface area contributed by atoms with Gasteiger partial charge in [0.15, 0.2) is 0 Å². The minimum Gasteiger partial charge on any atom is -0.394 e. The van der Waals surface area contributed by atoms with Gasteiger partial charge in [-0.15, -0.1) is 0 Å². The van der Waals surface area contributed by atoms with Crippen molar-refractivity contribution in [1.82, 2.24) is 4.90 Å². The molecule has 0 radical (unpaired) electrons. The van der Waals surface area contributed by atoms with Crippen molar-refractivity contribution in [3.63, 3.8) is 0 Å². The minimum absolute atomic E-state index is 0.0430. The fourth-order valence-corrected chi connectivity index (χ4v) is 2.40. The average Bonchev–Trinajstić information content (AvgIpc) is 2.24. The van der Waals surface area contributed by atoms with Crippen LogP contribution in [0.4, 0.5) is 0 Å². The Labute approximate surface area is 109 Å². The Balaban J connectivity index is 2.66. The summed E-state index contributed by atoms with van der Waals surface area (Å²) in [5, 5.41) is 9.21. The molecule has 18 heavy (non-hydrogen) atoms. The summed E-state index contributed by atoms with van der Waals surface area (Å²) in [6.45, 7) is 8.80. The van der Waals surface area contributed by atoms with Crippen LogP contribution in [0.2, 0.25) is 0 Å². The first kappa shape index (κ1) is 15.4. The Bertz CT molecular complexity index is 292. The third kappa shape index (κ3) is 4.23. The lowest BCUT2D eigenvalue weighted by Crippen LogP contribution is -2.58. The molecule has 5 nitrogen and oxygen atoms in total. The number of amides is 1. The lowest BCUT2D eigenvalue weighted by atomic mass is 10.0. The van der Waals surface area contributed by atoms with Crippen molar-refractivity contribution in [1.29, 1.82) is 0 Å². The molecular weight excluding hydrogens is 232 g/mol. The van der Waals surface area contributed by atoms with E-state index in [1.54, 1.807) is 4.90 Å². The van der Waals surface area contributed by atoms with Gasteiger partial charge in [-0.3, -0.25) is 4.79 Å². The number of aliphatic hydroxyl groups excluding tert-OH is 1.